The van der Waals surface area contributed by atoms with Crippen LogP contribution in [0.5, 0.6) is 0 Å². The molecule has 0 aromatic heterocycles. The van der Waals surface area contributed by atoms with Gasteiger partial charge in [-0.2, -0.15) is 16.8 Å². The quantitative estimate of drug-likeness (QED) is 0.620. The van der Waals surface area contributed by atoms with Crippen molar-refractivity contribution in [2.75, 3.05) is 38.9 Å². The van der Waals surface area contributed by atoms with E-state index >= 15 is 0 Å². The van der Waals surface area contributed by atoms with Crippen LogP contribution in [0.2, 0.25) is 0 Å². The zero-order chi connectivity index (χ0) is 18.4. The van der Waals surface area contributed by atoms with Crippen molar-refractivity contribution in [3.05, 3.63) is 0 Å². The third-order valence-electron chi connectivity index (χ3n) is 3.05. The van der Waals surface area contributed by atoms with Gasteiger partial charge >= 0.3 is 0 Å². The lowest BCUT2D eigenvalue weighted by molar-refractivity contribution is -0.0356. The summed E-state index contributed by atoms with van der Waals surface area (Å²) in [4.78, 5) is 0. The number of alkyl halides is 2. The Morgan fingerprint density at radius 1 is 0.792 bits per heavy atom. The van der Waals surface area contributed by atoms with E-state index in [0.29, 0.717) is 13.2 Å². The summed E-state index contributed by atoms with van der Waals surface area (Å²) in [5, 5.41) is 0. The molecule has 0 spiro atoms. The molecule has 12 heteroatoms. The molecule has 0 unspecified atom stereocenters. The molecule has 0 radical (unpaired) electrons. The molecule has 2 saturated heterocycles. The summed E-state index contributed by atoms with van der Waals surface area (Å²) in [5.41, 5.74) is 0. The van der Waals surface area contributed by atoms with Crippen molar-refractivity contribution in [2.24, 2.45) is 0 Å². The summed E-state index contributed by atoms with van der Waals surface area (Å²) in [6.45, 7) is 0.529. The molecule has 0 aromatic carbocycles. The molecule has 2 aliphatic heterocycles. The van der Waals surface area contributed by atoms with Gasteiger partial charge in [0.2, 0.25) is 0 Å². The Hall–Kier alpha value is -0.400. The van der Waals surface area contributed by atoms with E-state index < -0.39 is 44.8 Å². The van der Waals surface area contributed by atoms with E-state index in [9.17, 15) is 25.6 Å². The highest BCUT2D eigenvalue weighted by atomic mass is 32.2. The first-order chi connectivity index (χ1) is 11.0. The molecule has 4 atom stereocenters. The first-order valence-electron chi connectivity index (χ1n) is 7.18. The van der Waals surface area contributed by atoms with Crippen molar-refractivity contribution in [1.29, 1.82) is 0 Å². The number of ether oxygens (including phenoxy) is 2. The average Bonchev–Trinajstić information content (AvgIpc) is 2.42. The Kier molecular flexibility index (Phi) is 8.42. The van der Waals surface area contributed by atoms with Gasteiger partial charge in [-0.25, -0.2) is 8.78 Å². The molecule has 2 fully saturated rings. The van der Waals surface area contributed by atoms with E-state index in [1.54, 1.807) is 0 Å². The van der Waals surface area contributed by atoms with Gasteiger partial charge < -0.3 is 9.47 Å². The van der Waals surface area contributed by atoms with Gasteiger partial charge in [-0.05, 0) is 0 Å². The average molecular weight is 396 g/mol. The van der Waals surface area contributed by atoms with Gasteiger partial charge in [0, 0.05) is 26.1 Å². The van der Waals surface area contributed by atoms with Crippen LogP contribution < -0.4 is 0 Å². The van der Waals surface area contributed by atoms with Crippen LogP contribution in [0.4, 0.5) is 8.78 Å². The molecule has 0 aromatic rings. The van der Waals surface area contributed by atoms with Gasteiger partial charge in [-0.15, -0.1) is 0 Å². The Labute approximate surface area is 140 Å². The Morgan fingerprint density at radius 3 is 1.38 bits per heavy atom. The van der Waals surface area contributed by atoms with Crippen LogP contribution in [-0.2, 0) is 38.1 Å². The number of rotatable bonds is 4. The second kappa shape index (κ2) is 9.34. The number of hydrogen-bond donors (Lipinski definition) is 0. The standard InChI is InChI=1S/2C6H11FO4S/c2*1-12(8,9)11-6-2-3-10-4-5(6)7/h2*5-6H,2-4H2,1H3/t2*5-,6-/m10/s1. The third kappa shape index (κ3) is 9.18. The summed E-state index contributed by atoms with van der Waals surface area (Å²) < 4.78 is 86.8. The molecule has 144 valence electrons. The summed E-state index contributed by atoms with van der Waals surface area (Å²) in [6.07, 6.45) is -2.02. The first-order valence-corrected chi connectivity index (χ1v) is 10.8. The van der Waals surface area contributed by atoms with Gasteiger partial charge in [0.1, 0.15) is 12.2 Å². The molecule has 2 aliphatic rings. The maximum Gasteiger partial charge on any atom is 0.264 e. The second-order valence-electron chi connectivity index (χ2n) is 5.44. The minimum Gasteiger partial charge on any atom is -0.378 e. The Morgan fingerprint density at radius 2 is 1.12 bits per heavy atom. The fourth-order valence-electron chi connectivity index (χ4n) is 2.03. The van der Waals surface area contributed by atoms with Crippen molar-refractivity contribution >= 4 is 20.2 Å². The normalized spacial score (nSPS) is 31.8. The zero-order valence-corrected chi connectivity index (χ0v) is 15.0. The molecule has 0 amide bonds. The van der Waals surface area contributed by atoms with Crippen LogP contribution >= 0.6 is 0 Å². The lowest BCUT2D eigenvalue weighted by atomic mass is 10.1. The van der Waals surface area contributed by atoms with Crippen molar-refractivity contribution in [2.45, 2.75) is 37.4 Å². The van der Waals surface area contributed by atoms with E-state index in [1.165, 1.54) is 0 Å². The largest absolute Gasteiger partial charge is 0.378 e. The highest BCUT2D eigenvalue weighted by molar-refractivity contribution is 7.86. The molecule has 0 bridgehead atoms. The molecule has 8 nitrogen and oxygen atoms in total. The molecule has 0 N–H and O–H groups in total. The van der Waals surface area contributed by atoms with Crippen LogP contribution in [0.1, 0.15) is 12.8 Å². The van der Waals surface area contributed by atoms with Crippen molar-refractivity contribution in [3.8, 4) is 0 Å². The van der Waals surface area contributed by atoms with Crippen LogP contribution in [0.15, 0.2) is 0 Å². The predicted molar refractivity (Wildman–Crippen MR) is 80.1 cm³/mol. The van der Waals surface area contributed by atoms with E-state index in [1.807, 2.05) is 0 Å². The second-order valence-corrected chi connectivity index (χ2v) is 8.64. The van der Waals surface area contributed by atoms with Crippen LogP contribution in [0, 0.1) is 0 Å². The fraction of sp³-hybridized carbons (Fsp3) is 1.00. The summed E-state index contributed by atoms with van der Waals surface area (Å²) in [7, 11) is -7.10. The predicted octanol–water partition coefficient (Wildman–Crippen LogP) is 0.179. The van der Waals surface area contributed by atoms with E-state index in [0.717, 1.165) is 12.5 Å². The van der Waals surface area contributed by atoms with Crippen molar-refractivity contribution in [1.82, 2.24) is 0 Å². The lowest BCUT2D eigenvalue weighted by Crippen LogP contribution is -2.36. The Bertz CT molecular complexity index is 528. The molecule has 0 saturated carbocycles. The van der Waals surface area contributed by atoms with Gasteiger partial charge in [0.25, 0.3) is 20.2 Å². The minimum absolute atomic E-state index is 0.0831. The van der Waals surface area contributed by atoms with Crippen LogP contribution in [0.3, 0.4) is 0 Å². The minimum atomic E-state index is -3.55. The van der Waals surface area contributed by atoms with Gasteiger partial charge in [-0.1, -0.05) is 0 Å². The van der Waals surface area contributed by atoms with Crippen LogP contribution in [0.25, 0.3) is 0 Å². The molecule has 0 aliphatic carbocycles. The summed E-state index contributed by atoms with van der Waals surface area (Å²) >= 11 is 0. The highest BCUT2D eigenvalue weighted by Gasteiger charge is 2.30. The van der Waals surface area contributed by atoms with Crippen LogP contribution in [-0.4, -0.2) is 80.3 Å². The first kappa shape index (κ1) is 21.6. The lowest BCUT2D eigenvalue weighted by Gasteiger charge is -2.24. The van der Waals surface area contributed by atoms with Crippen molar-refractivity contribution in [3.63, 3.8) is 0 Å². The van der Waals surface area contributed by atoms with E-state index in [2.05, 4.69) is 8.37 Å². The molecular weight excluding hydrogens is 374 g/mol. The number of halogens is 2. The zero-order valence-electron chi connectivity index (χ0n) is 13.4. The maximum atomic E-state index is 12.9. The van der Waals surface area contributed by atoms with E-state index in [4.69, 9.17) is 9.47 Å². The maximum absolute atomic E-state index is 12.9. The molecule has 2 rings (SSSR count). The smallest absolute Gasteiger partial charge is 0.264 e. The molecule has 2 heterocycles. The monoisotopic (exact) mass is 396 g/mol. The van der Waals surface area contributed by atoms with Gasteiger partial charge in [0.15, 0.2) is 12.3 Å². The molecule has 24 heavy (non-hydrogen) atoms. The van der Waals surface area contributed by atoms with Crippen molar-refractivity contribution < 1.29 is 43.5 Å². The Balaban J connectivity index is 0.000000240. The highest BCUT2D eigenvalue weighted by Crippen LogP contribution is 2.17. The van der Waals surface area contributed by atoms with Gasteiger partial charge in [0.05, 0.1) is 25.7 Å². The summed E-state index contributed by atoms with van der Waals surface area (Å²) in [6, 6.07) is 0. The third-order valence-corrected chi connectivity index (χ3v) is 4.24. The fourth-order valence-corrected chi connectivity index (χ4v) is 3.36. The topological polar surface area (TPSA) is 105 Å². The number of hydrogen-bond acceptors (Lipinski definition) is 8. The SMILES string of the molecule is CS(=O)(=O)O[C@@H]1CCOC[C@H]1F.CS(=O)(=O)O[C@H]1CCOC[C@@H]1F. The van der Waals surface area contributed by atoms with E-state index in [-0.39, 0.29) is 26.1 Å². The molecular formula is C12H22F2O8S2. The summed E-state index contributed by atoms with van der Waals surface area (Å²) in [5.74, 6) is 0. The van der Waals surface area contributed by atoms with Gasteiger partial charge in [-0.3, -0.25) is 8.37 Å².